The van der Waals surface area contributed by atoms with E-state index in [-0.39, 0.29) is 28.9 Å². The van der Waals surface area contributed by atoms with E-state index < -0.39 is 11.7 Å². The van der Waals surface area contributed by atoms with Crippen molar-refractivity contribution in [2.24, 2.45) is 5.92 Å². The van der Waals surface area contributed by atoms with Crippen LogP contribution in [0, 0.1) is 5.92 Å². The van der Waals surface area contributed by atoms with E-state index in [0.29, 0.717) is 39.4 Å². The second-order valence-electron chi connectivity index (χ2n) is 10.6. The molecule has 4 rings (SSSR count). The van der Waals surface area contributed by atoms with Gasteiger partial charge in [-0.1, -0.05) is 27.5 Å². The number of halogens is 2. The maximum atomic E-state index is 13.2. The van der Waals surface area contributed by atoms with Gasteiger partial charge in [0, 0.05) is 38.8 Å². The third-order valence-corrected chi connectivity index (χ3v) is 8.73. The Kier molecular flexibility index (Phi) is 9.29. The zero-order valence-corrected chi connectivity index (χ0v) is 25.4. The molecule has 1 aromatic heterocycles. The van der Waals surface area contributed by atoms with Crippen LogP contribution in [-0.4, -0.2) is 50.9 Å². The van der Waals surface area contributed by atoms with Crippen molar-refractivity contribution in [2.75, 3.05) is 12.3 Å². The summed E-state index contributed by atoms with van der Waals surface area (Å²) in [5.74, 6) is 1.43. The van der Waals surface area contributed by atoms with Crippen molar-refractivity contribution in [3.63, 3.8) is 0 Å². The first kappa shape index (κ1) is 29.4. The number of thioether (sulfide) groups is 1. The number of nitrogens with one attached hydrogen (secondary N) is 3. The van der Waals surface area contributed by atoms with Crippen LogP contribution in [0.2, 0.25) is 5.02 Å². The molecule has 0 spiro atoms. The van der Waals surface area contributed by atoms with Crippen molar-refractivity contribution >= 4 is 68.1 Å². The number of hydrogen-bond donors (Lipinski definition) is 3. The van der Waals surface area contributed by atoms with E-state index in [9.17, 15) is 14.4 Å². The Bertz CT molecular complexity index is 1390. The molecular weight excluding hydrogens is 604 g/mol. The Morgan fingerprint density at radius 1 is 1.23 bits per heavy atom. The van der Waals surface area contributed by atoms with Gasteiger partial charge in [0.1, 0.15) is 11.4 Å². The summed E-state index contributed by atoms with van der Waals surface area (Å²) in [5.41, 5.74) is 1.97. The third-order valence-electron chi connectivity index (χ3n) is 6.39. The van der Waals surface area contributed by atoms with Gasteiger partial charge >= 0.3 is 6.09 Å². The first-order chi connectivity index (χ1) is 18.4. The van der Waals surface area contributed by atoms with Gasteiger partial charge in [-0.05, 0) is 82.2 Å². The summed E-state index contributed by atoms with van der Waals surface area (Å²) in [6.07, 6.45) is 0.821. The highest BCUT2D eigenvalue weighted by molar-refractivity contribution is 9.10. The number of imidazole rings is 1. The van der Waals surface area contributed by atoms with Gasteiger partial charge in [0.2, 0.25) is 0 Å². The maximum absolute atomic E-state index is 13.2. The summed E-state index contributed by atoms with van der Waals surface area (Å²) in [4.78, 5) is 45.9. The highest BCUT2D eigenvalue weighted by Gasteiger charge is 2.31. The summed E-state index contributed by atoms with van der Waals surface area (Å²) in [6, 6.07) is 10.0. The third kappa shape index (κ3) is 7.77. The molecule has 0 aliphatic carbocycles. The lowest BCUT2D eigenvalue weighted by Gasteiger charge is -2.22. The minimum atomic E-state index is -0.558. The van der Waals surface area contributed by atoms with Crippen LogP contribution >= 0.6 is 39.3 Å². The maximum Gasteiger partial charge on any atom is 0.407 e. The second-order valence-corrected chi connectivity index (χ2v) is 13.3. The molecule has 0 saturated carbocycles. The fraction of sp³-hybridized carbons (Fsp3) is 0.429. The molecule has 8 nitrogen and oxygen atoms in total. The fourth-order valence-electron chi connectivity index (χ4n) is 4.44. The topological polar surface area (TPSA) is 113 Å². The summed E-state index contributed by atoms with van der Waals surface area (Å²) in [7, 11) is 0. The van der Waals surface area contributed by atoms with Crippen LogP contribution in [0.3, 0.4) is 0 Å². The van der Waals surface area contributed by atoms with Crippen molar-refractivity contribution in [1.29, 1.82) is 0 Å². The molecule has 1 unspecified atom stereocenters. The Morgan fingerprint density at radius 2 is 2.00 bits per heavy atom. The first-order valence-corrected chi connectivity index (χ1v) is 15.0. The number of aromatic amines is 1. The number of carbonyl (C=O) groups is 3. The lowest BCUT2D eigenvalue weighted by Crippen LogP contribution is -2.37. The number of fused-ring (bicyclic) bond motifs is 1. The minimum absolute atomic E-state index is 0.00194. The standard InChI is InChI=1S/C28H32BrClN4O4S/c1-15(25-33-21-8-6-18(30)13-22(21)34-25)32-26(36)17-5-7-19(20(29)11-17)23(35)12-16-9-10-39-24(16)14-31-27(37)38-28(2,3)4/h5-8,11,13,15-16,24H,9-10,12,14H2,1-4H3,(H,31,37)(H,32,36)(H,33,34)/t15-,16-,24?/m0/s1. The van der Waals surface area contributed by atoms with Crippen LogP contribution in [0.5, 0.6) is 0 Å². The molecule has 3 aromatic rings. The molecular formula is C28H32BrClN4O4S. The smallest absolute Gasteiger partial charge is 0.407 e. The number of alkyl carbamates (subject to hydrolysis) is 1. The number of aromatic nitrogens is 2. The Hall–Kier alpha value is -2.56. The zero-order chi connectivity index (χ0) is 28.3. The summed E-state index contributed by atoms with van der Waals surface area (Å²) in [5, 5.41) is 6.52. The van der Waals surface area contributed by atoms with E-state index in [1.807, 2.05) is 33.8 Å². The van der Waals surface area contributed by atoms with Crippen LogP contribution < -0.4 is 10.6 Å². The quantitative estimate of drug-likeness (QED) is 0.238. The van der Waals surface area contributed by atoms with Crippen molar-refractivity contribution in [2.45, 2.75) is 57.4 Å². The number of ether oxygens (including phenoxy) is 1. The summed E-state index contributed by atoms with van der Waals surface area (Å²) < 4.78 is 5.89. The number of hydrogen-bond acceptors (Lipinski definition) is 6. The largest absolute Gasteiger partial charge is 0.444 e. The van der Waals surface area contributed by atoms with Gasteiger partial charge in [-0.3, -0.25) is 9.59 Å². The van der Waals surface area contributed by atoms with E-state index in [4.69, 9.17) is 16.3 Å². The lowest BCUT2D eigenvalue weighted by molar-refractivity contribution is 0.0526. The van der Waals surface area contributed by atoms with Crippen LogP contribution in [-0.2, 0) is 4.74 Å². The normalized spacial score (nSPS) is 18.1. The van der Waals surface area contributed by atoms with Crippen LogP contribution in [0.1, 0.15) is 73.1 Å². The van der Waals surface area contributed by atoms with Crippen molar-refractivity contribution in [3.8, 4) is 0 Å². The molecule has 2 aromatic carbocycles. The molecule has 2 amide bonds. The first-order valence-electron chi connectivity index (χ1n) is 12.8. The van der Waals surface area contributed by atoms with Gasteiger partial charge in [-0.15, -0.1) is 0 Å². The van der Waals surface area contributed by atoms with Gasteiger partial charge < -0.3 is 20.4 Å². The summed E-state index contributed by atoms with van der Waals surface area (Å²) in [6.45, 7) is 7.77. The number of amides is 2. The average Bonchev–Trinajstić information content (AvgIpc) is 3.47. The van der Waals surface area contributed by atoms with E-state index in [0.717, 1.165) is 23.2 Å². The number of carbonyl (C=O) groups excluding carboxylic acids is 3. The van der Waals surface area contributed by atoms with E-state index in [1.165, 1.54) is 0 Å². The Morgan fingerprint density at radius 3 is 2.72 bits per heavy atom. The molecule has 2 heterocycles. The molecule has 39 heavy (non-hydrogen) atoms. The van der Waals surface area contributed by atoms with Crippen LogP contribution in [0.25, 0.3) is 11.0 Å². The second kappa shape index (κ2) is 12.3. The van der Waals surface area contributed by atoms with Crippen molar-refractivity contribution in [1.82, 2.24) is 20.6 Å². The Balaban J connectivity index is 1.34. The molecule has 0 radical (unpaired) electrons. The average molecular weight is 636 g/mol. The van der Waals surface area contributed by atoms with E-state index in [2.05, 4.69) is 36.5 Å². The number of H-pyrrole nitrogens is 1. The van der Waals surface area contributed by atoms with E-state index in [1.54, 1.807) is 42.1 Å². The van der Waals surface area contributed by atoms with Crippen LogP contribution in [0.4, 0.5) is 4.79 Å². The minimum Gasteiger partial charge on any atom is -0.444 e. The highest BCUT2D eigenvalue weighted by Crippen LogP contribution is 2.35. The lowest BCUT2D eigenvalue weighted by atomic mass is 9.92. The SMILES string of the molecule is C[C@H](NC(=O)c1ccc(C(=O)C[C@@H]2CCSC2CNC(=O)OC(C)(C)C)c(Br)c1)c1nc2ccc(Cl)cc2[nH]1. The van der Waals surface area contributed by atoms with Crippen molar-refractivity contribution < 1.29 is 19.1 Å². The number of benzene rings is 2. The molecule has 11 heteroatoms. The van der Waals surface area contributed by atoms with Gasteiger partial charge in [-0.25, -0.2) is 9.78 Å². The Labute approximate surface area is 245 Å². The number of rotatable bonds is 8. The number of Topliss-reactive ketones (excluding diaryl/α,β-unsaturated/α-hetero) is 1. The van der Waals surface area contributed by atoms with Gasteiger partial charge in [0.25, 0.3) is 5.91 Å². The molecule has 1 aliphatic rings. The highest BCUT2D eigenvalue weighted by atomic mass is 79.9. The molecule has 3 atom stereocenters. The molecule has 1 aliphatic heterocycles. The van der Waals surface area contributed by atoms with Gasteiger partial charge in [0.05, 0.1) is 17.1 Å². The number of ketones is 1. The van der Waals surface area contributed by atoms with Gasteiger partial charge in [0.15, 0.2) is 5.78 Å². The molecule has 208 valence electrons. The molecule has 1 saturated heterocycles. The summed E-state index contributed by atoms with van der Waals surface area (Å²) >= 11 is 11.3. The predicted octanol–water partition coefficient (Wildman–Crippen LogP) is 6.69. The predicted molar refractivity (Wildman–Crippen MR) is 159 cm³/mol. The molecule has 1 fully saturated rings. The number of nitrogens with zero attached hydrogens (tertiary/aromatic N) is 1. The monoisotopic (exact) mass is 634 g/mol. The molecule has 0 bridgehead atoms. The van der Waals surface area contributed by atoms with Gasteiger partial charge in [-0.2, -0.15) is 11.8 Å². The van der Waals surface area contributed by atoms with Crippen molar-refractivity contribution in [3.05, 3.63) is 62.8 Å². The van der Waals surface area contributed by atoms with E-state index >= 15 is 0 Å². The van der Waals surface area contributed by atoms with Crippen LogP contribution in [0.15, 0.2) is 40.9 Å². The fourth-order valence-corrected chi connectivity index (χ4v) is 6.65. The molecule has 3 N–H and O–H groups in total. The zero-order valence-electron chi connectivity index (χ0n) is 22.3.